The number of rotatable bonds is 10. The largest absolute Gasteiger partial charge is 0.383 e. The van der Waals surface area contributed by atoms with Crippen molar-refractivity contribution in [2.45, 2.75) is 10.9 Å². The van der Waals surface area contributed by atoms with Gasteiger partial charge in [0.1, 0.15) is 0 Å². The molecule has 31 heavy (non-hydrogen) atoms. The monoisotopic (exact) mass is 447 g/mol. The number of methoxy groups -OCH3 is 1. The van der Waals surface area contributed by atoms with Gasteiger partial charge in [-0.1, -0.05) is 30.3 Å². The number of benzene rings is 2. The first-order valence-corrected chi connectivity index (χ1v) is 11.7. The maximum Gasteiger partial charge on any atom is 0.251 e. The fourth-order valence-electron chi connectivity index (χ4n) is 3.35. The molecule has 2 aromatic rings. The van der Waals surface area contributed by atoms with Crippen molar-refractivity contribution in [2.24, 2.45) is 0 Å². The fourth-order valence-corrected chi connectivity index (χ4v) is 4.36. The van der Waals surface area contributed by atoms with Crippen LogP contribution in [-0.2, 0) is 19.5 Å². The Labute approximate surface area is 183 Å². The van der Waals surface area contributed by atoms with E-state index < -0.39 is 10.0 Å². The Kier molecular flexibility index (Phi) is 8.56. The maximum atomic E-state index is 12.9. The SMILES string of the molecule is COCCNS(=O)(=O)c1ccc(C(=O)NC(CN2CCOCC2)c2ccccc2)cc1. The molecule has 0 aliphatic carbocycles. The molecule has 9 heteroatoms. The third-order valence-electron chi connectivity index (χ3n) is 5.08. The minimum absolute atomic E-state index is 0.105. The third-order valence-corrected chi connectivity index (χ3v) is 6.55. The number of ether oxygens (including phenoxy) is 2. The molecule has 1 unspecified atom stereocenters. The maximum absolute atomic E-state index is 12.9. The van der Waals surface area contributed by atoms with E-state index in [1.165, 1.54) is 31.4 Å². The van der Waals surface area contributed by atoms with Crippen LogP contribution in [-0.4, -0.2) is 72.3 Å². The lowest BCUT2D eigenvalue weighted by Crippen LogP contribution is -2.43. The summed E-state index contributed by atoms with van der Waals surface area (Å²) in [5.41, 5.74) is 1.42. The number of nitrogens with one attached hydrogen (secondary N) is 2. The van der Waals surface area contributed by atoms with Gasteiger partial charge in [0.05, 0.1) is 30.8 Å². The summed E-state index contributed by atoms with van der Waals surface area (Å²) >= 11 is 0. The van der Waals surface area contributed by atoms with E-state index in [-0.39, 0.29) is 30.0 Å². The summed E-state index contributed by atoms with van der Waals surface area (Å²) < 4.78 is 37.3. The second-order valence-corrected chi connectivity index (χ2v) is 9.03. The van der Waals surface area contributed by atoms with Crippen molar-refractivity contribution in [3.63, 3.8) is 0 Å². The van der Waals surface area contributed by atoms with Gasteiger partial charge < -0.3 is 14.8 Å². The predicted molar refractivity (Wildman–Crippen MR) is 117 cm³/mol. The van der Waals surface area contributed by atoms with Crippen LogP contribution in [0.3, 0.4) is 0 Å². The molecule has 1 atom stereocenters. The zero-order chi connectivity index (χ0) is 22.1. The minimum Gasteiger partial charge on any atom is -0.383 e. The lowest BCUT2D eigenvalue weighted by atomic mass is 10.1. The van der Waals surface area contributed by atoms with Gasteiger partial charge in [0.25, 0.3) is 5.91 Å². The molecule has 1 saturated heterocycles. The molecule has 0 spiro atoms. The van der Waals surface area contributed by atoms with E-state index in [9.17, 15) is 13.2 Å². The molecule has 0 aromatic heterocycles. The number of hydrogen-bond donors (Lipinski definition) is 2. The summed E-state index contributed by atoms with van der Waals surface area (Å²) in [6.07, 6.45) is 0. The first-order chi connectivity index (χ1) is 15.0. The molecule has 1 aliphatic heterocycles. The molecule has 168 valence electrons. The smallest absolute Gasteiger partial charge is 0.251 e. The molecule has 8 nitrogen and oxygen atoms in total. The van der Waals surface area contributed by atoms with Crippen molar-refractivity contribution in [3.8, 4) is 0 Å². The van der Waals surface area contributed by atoms with Gasteiger partial charge in [-0.15, -0.1) is 0 Å². The number of morpholine rings is 1. The van der Waals surface area contributed by atoms with Gasteiger partial charge in [0, 0.05) is 38.9 Å². The van der Waals surface area contributed by atoms with E-state index in [2.05, 4.69) is 14.9 Å². The van der Waals surface area contributed by atoms with Gasteiger partial charge >= 0.3 is 0 Å². The second kappa shape index (κ2) is 11.4. The molecule has 2 aromatic carbocycles. The van der Waals surface area contributed by atoms with Gasteiger partial charge in [-0.05, 0) is 29.8 Å². The van der Waals surface area contributed by atoms with Crippen molar-refractivity contribution < 1.29 is 22.7 Å². The van der Waals surface area contributed by atoms with Crippen LogP contribution in [0.15, 0.2) is 59.5 Å². The van der Waals surface area contributed by atoms with E-state index in [1.807, 2.05) is 30.3 Å². The average Bonchev–Trinajstić information content (AvgIpc) is 2.80. The molecule has 3 rings (SSSR count). The van der Waals surface area contributed by atoms with Crippen LogP contribution in [0.25, 0.3) is 0 Å². The number of nitrogens with zero attached hydrogens (tertiary/aromatic N) is 1. The summed E-state index contributed by atoms with van der Waals surface area (Å²) in [7, 11) is -2.14. The third kappa shape index (κ3) is 6.84. The molecule has 1 aliphatic rings. The Morgan fingerprint density at radius 2 is 1.77 bits per heavy atom. The average molecular weight is 448 g/mol. The van der Waals surface area contributed by atoms with Crippen LogP contribution in [0.5, 0.6) is 0 Å². The number of carbonyl (C=O) groups is 1. The van der Waals surface area contributed by atoms with Crippen molar-refractivity contribution in [3.05, 3.63) is 65.7 Å². The number of hydrogen-bond acceptors (Lipinski definition) is 6. The molecule has 0 saturated carbocycles. The van der Waals surface area contributed by atoms with E-state index in [0.717, 1.165) is 18.7 Å². The van der Waals surface area contributed by atoms with Crippen LogP contribution in [0, 0.1) is 0 Å². The van der Waals surface area contributed by atoms with Gasteiger partial charge in [0.2, 0.25) is 10.0 Å². The second-order valence-electron chi connectivity index (χ2n) is 7.26. The van der Waals surface area contributed by atoms with E-state index in [4.69, 9.17) is 9.47 Å². The van der Waals surface area contributed by atoms with E-state index in [0.29, 0.717) is 25.3 Å². The van der Waals surface area contributed by atoms with Crippen molar-refractivity contribution in [1.29, 1.82) is 0 Å². The number of amides is 1. The quantitative estimate of drug-likeness (QED) is 0.535. The lowest BCUT2D eigenvalue weighted by Gasteiger charge is -2.31. The summed E-state index contributed by atoms with van der Waals surface area (Å²) in [6.45, 7) is 4.15. The van der Waals surface area contributed by atoms with Gasteiger partial charge in [-0.2, -0.15) is 0 Å². The highest BCUT2D eigenvalue weighted by atomic mass is 32.2. The Hall–Kier alpha value is -2.30. The van der Waals surface area contributed by atoms with E-state index in [1.54, 1.807) is 0 Å². The van der Waals surface area contributed by atoms with Crippen molar-refractivity contribution in [2.75, 3.05) is 53.1 Å². The number of carbonyl (C=O) groups excluding carboxylic acids is 1. The molecule has 1 heterocycles. The summed E-state index contributed by atoms with van der Waals surface area (Å²) in [5, 5.41) is 3.09. The highest BCUT2D eigenvalue weighted by molar-refractivity contribution is 7.89. The lowest BCUT2D eigenvalue weighted by molar-refractivity contribution is 0.0332. The number of sulfonamides is 1. The van der Waals surface area contributed by atoms with Crippen LogP contribution < -0.4 is 10.0 Å². The molecule has 0 radical (unpaired) electrons. The highest BCUT2D eigenvalue weighted by Crippen LogP contribution is 2.17. The van der Waals surface area contributed by atoms with Crippen molar-refractivity contribution >= 4 is 15.9 Å². The van der Waals surface area contributed by atoms with Crippen LogP contribution in [0.1, 0.15) is 22.0 Å². The van der Waals surface area contributed by atoms with Crippen molar-refractivity contribution in [1.82, 2.24) is 14.9 Å². The molecular weight excluding hydrogens is 418 g/mol. The summed E-state index contributed by atoms with van der Waals surface area (Å²) in [4.78, 5) is 15.3. The standard InChI is InChI=1S/C22H29N3O5S/c1-29-14-11-23-31(27,28)20-9-7-19(8-10-20)22(26)24-21(18-5-3-2-4-6-18)17-25-12-15-30-16-13-25/h2-10,21,23H,11-17H2,1H3,(H,24,26). The zero-order valence-corrected chi connectivity index (χ0v) is 18.4. The highest BCUT2D eigenvalue weighted by Gasteiger charge is 2.21. The molecule has 1 fully saturated rings. The Morgan fingerprint density at radius 3 is 2.42 bits per heavy atom. The Morgan fingerprint density at radius 1 is 1.10 bits per heavy atom. The predicted octanol–water partition coefficient (Wildman–Crippen LogP) is 1.41. The Bertz CT molecular complexity index is 929. The van der Waals surface area contributed by atoms with Crippen LogP contribution in [0.4, 0.5) is 0 Å². The van der Waals surface area contributed by atoms with Gasteiger partial charge in [0.15, 0.2) is 0 Å². The normalized spacial score (nSPS) is 16.0. The molecule has 2 N–H and O–H groups in total. The first kappa shape index (κ1) is 23.4. The van der Waals surface area contributed by atoms with E-state index >= 15 is 0 Å². The topological polar surface area (TPSA) is 97.0 Å². The van der Waals surface area contributed by atoms with Crippen LogP contribution in [0.2, 0.25) is 0 Å². The summed E-state index contributed by atoms with van der Waals surface area (Å²) in [6, 6.07) is 15.6. The minimum atomic E-state index is -3.64. The zero-order valence-electron chi connectivity index (χ0n) is 17.6. The Balaban J connectivity index is 1.69. The molecule has 0 bridgehead atoms. The molecule has 1 amide bonds. The van der Waals surface area contributed by atoms with Gasteiger partial charge in [-0.3, -0.25) is 9.69 Å². The first-order valence-electron chi connectivity index (χ1n) is 10.2. The summed E-state index contributed by atoms with van der Waals surface area (Å²) in [5.74, 6) is -0.251. The van der Waals surface area contributed by atoms with Gasteiger partial charge in [-0.25, -0.2) is 13.1 Å². The molecular formula is C22H29N3O5S. The van der Waals surface area contributed by atoms with Crippen LogP contribution >= 0.6 is 0 Å². The fraction of sp³-hybridized carbons (Fsp3) is 0.409.